The maximum atomic E-state index is 13.2. The highest BCUT2D eigenvalue weighted by molar-refractivity contribution is 7.92. The van der Waals surface area contributed by atoms with Crippen LogP contribution in [-0.4, -0.2) is 31.4 Å². The van der Waals surface area contributed by atoms with Crippen LogP contribution >= 0.6 is 0 Å². The number of H-pyrrole nitrogens is 1. The molecule has 9 heteroatoms. The molecule has 0 atom stereocenters. The summed E-state index contributed by atoms with van der Waals surface area (Å²) in [5, 5.41) is 2.89. The van der Waals surface area contributed by atoms with E-state index in [9.17, 15) is 13.2 Å². The van der Waals surface area contributed by atoms with E-state index in [1.54, 1.807) is 43.3 Å². The first-order chi connectivity index (χ1) is 18.3. The predicted octanol–water partition coefficient (Wildman–Crippen LogP) is 5.52. The smallest absolute Gasteiger partial charge is 0.261 e. The van der Waals surface area contributed by atoms with Crippen molar-refractivity contribution < 1.29 is 17.9 Å². The molecule has 0 aliphatic heterocycles. The zero-order valence-corrected chi connectivity index (χ0v) is 21.7. The van der Waals surface area contributed by atoms with Crippen LogP contribution in [0.1, 0.15) is 27.3 Å². The number of carbonyl (C=O) groups is 1. The Bertz CT molecular complexity index is 1690. The van der Waals surface area contributed by atoms with E-state index in [1.807, 2.05) is 42.5 Å². The second-order valence-corrected chi connectivity index (χ2v) is 10.5. The maximum Gasteiger partial charge on any atom is 0.261 e. The van der Waals surface area contributed by atoms with Gasteiger partial charge < -0.3 is 15.0 Å². The number of methoxy groups -OCH3 is 1. The number of ether oxygens (including phenoxy) is 1. The summed E-state index contributed by atoms with van der Waals surface area (Å²) < 4.78 is 33.6. The zero-order valence-electron chi connectivity index (χ0n) is 20.9. The van der Waals surface area contributed by atoms with Gasteiger partial charge >= 0.3 is 0 Å². The third-order valence-electron chi connectivity index (χ3n) is 6.10. The number of rotatable bonds is 8. The first-order valence-corrected chi connectivity index (χ1v) is 13.4. The van der Waals surface area contributed by atoms with Gasteiger partial charge in [-0.3, -0.25) is 9.52 Å². The second-order valence-electron chi connectivity index (χ2n) is 8.84. The molecular formula is C29H26N4O4S. The minimum Gasteiger partial charge on any atom is -0.497 e. The molecule has 5 aromatic rings. The van der Waals surface area contributed by atoms with Gasteiger partial charge in [-0.25, -0.2) is 13.4 Å². The summed E-state index contributed by atoms with van der Waals surface area (Å²) in [7, 11) is -2.38. The van der Waals surface area contributed by atoms with Crippen molar-refractivity contribution in [2.24, 2.45) is 0 Å². The Morgan fingerprint density at radius 3 is 2.47 bits per heavy atom. The van der Waals surface area contributed by atoms with Crippen molar-refractivity contribution in [2.45, 2.75) is 18.2 Å². The average molecular weight is 527 g/mol. The lowest BCUT2D eigenvalue weighted by molar-refractivity contribution is 0.102. The van der Waals surface area contributed by atoms with Crippen LogP contribution in [0.3, 0.4) is 0 Å². The normalized spacial score (nSPS) is 11.3. The third-order valence-corrected chi connectivity index (χ3v) is 7.48. The summed E-state index contributed by atoms with van der Waals surface area (Å²) in [6.07, 6.45) is 0.572. The van der Waals surface area contributed by atoms with E-state index in [-0.39, 0.29) is 10.5 Å². The van der Waals surface area contributed by atoms with Crippen molar-refractivity contribution in [3.63, 3.8) is 0 Å². The number of benzene rings is 4. The van der Waals surface area contributed by atoms with Crippen LogP contribution in [0.4, 0.5) is 11.4 Å². The molecule has 0 aliphatic rings. The molecule has 1 aromatic heterocycles. The van der Waals surface area contributed by atoms with Crippen LogP contribution < -0.4 is 14.8 Å². The number of aromatic amines is 1. The molecule has 0 bridgehead atoms. The number of nitrogens with zero attached hydrogens (tertiary/aromatic N) is 1. The van der Waals surface area contributed by atoms with Gasteiger partial charge in [-0.2, -0.15) is 0 Å². The average Bonchev–Trinajstić information content (AvgIpc) is 3.31. The maximum absolute atomic E-state index is 13.2. The first-order valence-electron chi connectivity index (χ1n) is 11.9. The van der Waals surface area contributed by atoms with Crippen molar-refractivity contribution in [3.05, 3.63) is 114 Å². The lowest BCUT2D eigenvalue weighted by Crippen LogP contribution is -2.17. The van der Waals surface area contributed by atoms with Crippen LogP contribution in [0.25, 0.3) is 11.0 Å². The number of aryl methyl sites for hydroxylation is 1. The largest absolute Gasteiger partial charge is 0.497 e. The number of anilines is 2. The van der Waals surface area contributed by atoms with Crippen LogP contribution in [0.15, 0.2) is 95.9 Å². The zero-order chi connectivity index (χ0) is 26.7. The number of aromatic nitrogens is 2. The molecule has 38 heavy (non-hydrogen) atoms. The molecule has 3 N–H and O–H groups in total. The number of fused-ring (bicyclic) bond motifs is 1. The number of carbonyl (C=O) groups excluding carboxylic acids is 1. The molecule has 1 heterocycles. The summed E-state index contributed by atoms with van der Waals surface area (Å²) >= 11 is 0. The summed E-state index contributed by atoms with van der Waals surface area (Å²) in [5.74, 6) is 1.04. The third kappa shape index (κ3) is 5.52. The molecule has 1 amide bonds. The quantitative estimate of drug-likeness (QED) is 0.246. The van der Waals surface area contributed by atoms with Gasteiger partial charge in [0.1, 0.15) is 11.6 Å². The van der Waals surface area contributed by atoms with Crippen molar-refractivity contribution >= 4 is 38.3 Å². The fourth-order valence-electron chi connectivity index (χ4n) is 4.13. The standard InChI is InChI=1S/C29H26N4O4S/c1-19-10-15-24(38(35,36)33-21-11-13-23(37-2)14-12-21)18-25(19)29(34)30-22-7-5-6-20(16-22)17-28-31-26-8-3-4-9-27(26)32-28/h3-16,18,33H,17H2,1-2H3,(H,30,34)(H,31,32). The summed E-state index contributed by atoms with van der Waals surface area (Å²) in [4.78, 5) is 21.1. The molecule has 0 unspecified atom stereocenters. The highest BCUT2D eigenvalue weighted by Crippen LogP contribution is 2.23. The fraction of sp³-hybridized carbons (Fsp3) is 0.103. The van der Waals surface area contributed by atoms with Gasteiger partial charge in [-0.05, 0) is 78.7 Å². The highest BCUT2D eigenvalue weighted by Gasteiger charge is 2.19. The van der Waals surface area contributed by atoms with Crippen molar-refractivity contribution in [1.82, 2.24) is 9.97 Å². The van der Waals surface area contributed by atoms with Crippen LogP contribution in [0.5, 0.6) is 5.75 Å². The topological polar surface area (TPSA) is 113 Å². The lowest BCUT2D eigenvalue weighted by Gasteiger charge is -2.12. The van der Waals surface area contributed by atoms with Crippen molar-refractivity contribution in [1.29, 1.82) is 0 Å². The number of nitrogens with one attached hydrogen (secondary N) is 3. The molecule has 5 rings (SSSR count). The molecule has 4 aromatic carbocycles. The van der Waals surface area contributed by atoms with Gasteiger partial charge in [0.25, 0.3) is 15.9 Å². The minimum absolute atomic E-state index is 0.0114. The second kappa shape index (κ2) is 10.4. The Balaban J connectivity index is 1.32. The van der Waals surface area contributed by atoms with Gasteiger partial charge in [-0.15, -0.1) is 0 Å². The molecule has 192 valence electrons. The van der Waals surface area contributed by atoms with Crippen molar-refractivity contribution in [3.8, 4) is 5.75 Å². The van der Waals surface area contributed by atoms with Crippen molar-refractivity contribution in [2.75, 3.05) is 17.1 Å². The molecule has 0 fully saturated rings. The van der Waals surface area contributed by atoms with Gasteiger partial charge in [0, 0.05) is 23.4 Å². The Morgan fingerprint density at radius 1 is 0.921 bits per heavy atom. The van der Waals surface area contributed by atoms with E-state index < -0.39 is 15.9 Å². The number of hydrogen-bond donors (Lipinski definition) is 3. The molecule has 0 aliphatic carbocycles. The van der Waals surface area contributed by atoms with Crippen LogP contribution in [0, 0.1) is 6.92 Å². The van der Waals surface area contributed by atoms with Gasteiger partial charge in [0.2, 0.25) is 0 Å². The summed E-state index contributed by atoms with van der Waals surface area (Å²) in [5.41, 5.74) is 4.76. The number of imidazole rings is 1. The fourth-order valence-corrected chi connectivity index (χ4v) is 5.21. The summed E-state index contributed by atoms with van der Waals surface area (Å²) in [6, 6.07) is 26.4. The number of para-hydroxylation sites is 2. The van der Waals surface area contributed by atoms with E-state index in [2.05, 4.69) is 20.0 Å². The van der Waals surface area contributed by atoms with Crippen LogP contribution in [0.2, 0.25) is 0 Å². The predicted molar refractivity (Wildman–Crippen MR) is 148 cm³/mol. The first kappa shape index (κ1) is 25.0. The van der Waals surface area contributed by atoms with E-state index in [4.69, 9.17) is 4.74 Å². The number of hydrogen-bond acceptors (Lipinski definition) is 5. The minimum atomic E-state index is -3.91. The van der Waals surface area contributed by atoms with E-state index >= 15 is 0 Å². The Labute approximate surface area is 220 Å². The molecule has 0 spiro atoms. The Hall–Kier alpha value is -4.63. The summed E-state index contributed by atoms with van der Waals surface area (Å²) in [6.45, 7) is 1.76. The Morgan fingerprint density at radius 2 is 1.71 bits per heavy atom. The molecular weight excluding hydrogens is 500 g/mol. The van der Waals surface area contributed by atoms with E-state index in [1.165, 1.54) is 19.2 Å². The lowest BCUT2D eigenvalue weighted by atomic mass is 10.1. The molecule has 0 saturated carbocycles. The Kier molecular flexibility index (Phi) is 6.85. The van der Waals surface area contributed by atoms with E-state index in [0.29, 0.717) is 29.1 Å². The molecule has 0 saturated heterocycles. The number of amides is 1. The SMILES string of the molecule is COc1ccc(NS(=O)(=O)c2ccc(C)c(C(=O)Nc3cccc(Cc4nc5ccccc5[nH]4)c3)c2)cc1. The van der Waals surface area contributed by atoms with Gasteiger partial charge in [0.15, 0.2) is 0 Å². The monoisotopic (exact) mass is 526 g/mol. The van der Waals surface area contributed by atoms with E-state index in [0.717, 1.165) is 22.4 Å². The molecule has 8 nitrogen and oxygen atoms in total. The number of sulfonamides is 1. The van der Waals surface area contributed by atoms with Gasteiger partial charge in [-0.1, -0.05) is 30.3 Å². The highest BCUT2D eigenvalue weighted by atomic mass is 32.2. The van der Waals surface area contributed by atoms with Crippen LogP contribution in [-0.2, 0) is 16.4 Å². The molecule has 0 radical (unpaired) electrons. The van der Waals surface area contributed by atoms with Gasteiger partial charge in [0.05, 0.1) is 23.0 Å².